The summed E-state index contributed by atoms with van der Waals surface area (Å²) in [4.78, 5) is 14.6. The third-order valence-electron chi connectivity index (χ3n) is 4.22. The molecule has 132 valence electrons. The Morgan fingerprint density at radius 1 is 0.920 bits per heavy atom. The van der Waals surface area contributed by atoms with Gasteiger partial charge in [-0.25, -0.2) is 0 Å². The molecule has 0 aromatic heterocycles. The molecule has 2 aromatic rings. The van der Waals surface area contributed by atoms with Crippen molar-refractivity contribution in [2.24, 2.45) is 5.92 Å². The van der Waals surface area contributed by atoms with Gasteiger partial charge in [0.05, 0.1) is 0 Å². The summed E-state index contributed by atoms with van der Waals surface area (Å²) >= 11 is 0. The van der Waals surface area contributed by atoms with Crippen molar-refractivity contribution in [2.75, 3.05) is 0 Å². The van der Waals surface area contributed by atoms with Gasteiger partial charge in [0.2, 0.25) is 0 Å². The van der Waals surface area contributed by atoms with E-state index in [0.29, 0.717) is 12.3 Å². The van der Waals surface area contributed by atoms with Gasteiger partial charge < -0.3 is 4.90 Å². The summed E-state index contributed by atoms with van der Waals surface area (Å²) in [5.74, 6) is 0.807. The van der Waals surface area contributed by atoms with Crippen molar-refractivity contribution in [1.29, 1.82) is 0 Å². The molecule has 2 heteroatoms. The third-order valence-corrected chi connectivity index (χ3v) is 4.22. The van der Waals surface area contributed by atoms with Gasteiger partial charge in [-0.05, 0) is 30.4 Å². The highest BCUT2D eigenvalue weighted by Gasteiger charge is 2.09. The van der Waals surface area contributed by atoms with E-state index in [1.165, 1.54) is 11.1 Å². The molecule has 0 spiro atoms. The van der Waals surface area contributed by atoms with Crippen molar-refractivity contribution in [3.63, 3.8) is 0 Å². The summed E-state index contributed by atoms with van der Waals surface area (Å²) in [5.41, 5.74) is 3.33. The van der Waals surface area contributed by atoms with E-state index in [4.69, 9.17) is 0 Å². The zero-order chi connectivity index (χ0) is 18.1. The third kappa shape index (κ3) is 6.96. The van der Waals surface area contributed by atoms with Crippen molar-refractivity contribution in [3.05, 3.63) is 83.6 Å². The summed E-state index contributed by atoms with van der Waals surface area (Å²) in [6.07, 6.45) is 3.61. The van der Waals surface area contributed by atoms with Crippen molar-refractivity contribution < 1.29 is 4.79 Å². The Morgan fingerprint density at radius 3 is 1.84 bits per heavy atom. The quantitative estimate of drug-likeness (QED) is 0.556. The number of Topliss-reactive ketones (excluding diaryl/α,β-unsaturated/α-hetero) is 1. The predicted molar refractivity (Wildman–Crippen MR) is 105 cm³/mol. The van der Waals surface area contributed by atoms with E-state index in [9.17, 15) is 4.79 Å². The first-order chi connectivity index (χ1) is 12.0. The maximum absolute atomic E-state index is 12.4. The van der Waals surface area contributed by atoms with Crippen LogP contribution in [-0.4, -0.2) is 10.7 Å². The van der Waals surface area contributed by atoms with Gasteiger partial charge in [-0.3, -0.25) is 4.79 Å². The second-order valence-corrected chi connectivity index (χ2v) is 7.04. The fourth-order valence-corrected chi connectivity index (χ4v) is 2.75. The molecular formula is C23H29NO. The highest BCUT2D eigenvalue weighted by atomic mass is 16.1. The normalized spacial score (nSPS) is 11.6. The second-order valence-electron chi connectivity index (χ2n) is 7.04. The van der Waals surface area contributed by atoms with Crippen LogP contribution in [0.2, 0.25) is 0 Å². The molecule has 0 radical (unpaired) electrons. The van der Waals surface area contributed by atoms with Crippen LogP contribution < -0.4 is 0 Å². The van der Waals surface area contributed by atoms with Gasteiger partial charge in [-0.2, -0.15) is 0 Å². The molecule has 0 aliphatic carbocycles. The molecule has 0 N–H and O–H groups in total. The number of hydrogen-bond donors (Lipinski definition) is 0. The molecule has 0 heterocycles. The lowest BCUT2D eigenvalue weighted by atomic mass is 10.0. The van der Waals surface area contributed by atoms with E-state index in [2.05, 4.69) is 67.3 Å². The van der Waals surface area contributed by atoms with Gasteiger partial charge >= 0.3 is 0 Å². The lowest BCUT2D eigenvalue weighted by Gasteiger charge is -2.22. The van der Waals surface area contributed by atoms with Gasteiger partial charge in [0, 0.05) is 31.3 Å². The van der Waals surface area contributed by atoms with E-state index in [-0.39, 0.29) is 5.78 Å². The molecule has 0 saturated heterocycles. The standard InChI is InChI=1S/C23H29NO/c1-19(2)14-15-23(25)20(3)16-24(17-21-10-6-4-7-11-21)18-22-12-8-5-9-13-22/h4-13,16,19H,14-15,17-18H2,1-3H3. The smallest absolute Gasteiger partial charge is 0.160 e. The number of allylic oxidation sites excluding steroid dienone is 1. The molecule has 0 amide bonds. The number of hydrogen-bond acceptors (Lipinski definition) is 2. The maximum atomic E-state index is 12.4. The Bertz CT molecular complexity index is 632. The van der Waals surface area contributed by atoms with Crippen LogP contribution in [0.4, 0.5) is 0 Å². The molecule has 2 rings (SSSR count). The first kappa shape index (κ1) is 19.0. The maximum Gasteiger partial charge on any atom is 0.160 e. The zero-order valence-electron chi connectivity index (χ0n) is 15.6. The van der Waals surface area contributed by atoms with Crippen LogP contribution in [0.3, 0.4) is 0 Å². The number of nitrogens with zero attached hydrogens (tertiary/aromatic N) is 1. The van der Waals surface area contributed by atoms with E-state index in [1.807, 2.05) is 25.3 Å². The molecule has 2 nitrogen and oxygen atoms in total. The first-order valence-corrected chi connectivity index (χ1v) is 9.08. The predicted octanol–water partition coefficient (Wildman–Crippen LogP) is 5.60. The Kier molecular flexibility index (Phi) is 7.46. The van der Waals surface area contributed by atoms with E-state index in [1.54, 1.807) is 0 Å². The highest BCUT2D eigenvalue weighted by Crippen LogP contribution is 2.14. The minimum absolute atomic E-state index is 0.250. The molecule has 2 aromatic carbocycles. The summed E-state index contributed by atoms with van der Waals surface area (Å²) < 4.78 is 0. The molecule has 0 bridgehead atoms. The number of ketones is 1. The lowest BCUT2D eigenvalue weighted by molar-refractivity contribution is -0.115. The minimum Gasteiger partial charge on any atom is -0.368 e. The summed E-state index contributed by atoms with van der Waals surface area (Å²) in [7, 11) is 0. The fourth-order valence-electron chi connectivity index (χ4n) is 2.75. The number of carbonyl (C=O) groups excluding carboxylic acids is 1. The molecule has 0 saturated carbocycles. The summed E-state index contributed by atoms with van der Waals surface area (Å²) in [5, 5.41) is 0. The van der Waals surface area contributed by atoms with Gasteiger partial charge in [-0.15, -0.1) is 0 Å². The van der Waals surface area contributed by atoms with Crippen molar-refractivity contribution in [3.8, 4) is 0 Å². The second kappa shape index (κ2) is 9.83. The van der Waals surface area contributed by atoms with Gasteiger partial charge in [0.25, 0.3) is 0 Å². The molecule has 0 aliphatic rings. The minimum atomic E-state index is 0.250. The molecule has 0 aliphatic heterocycles. The first-order valence-electron chi connectivity index (χ1n) is 9.08. The molecule has 0 atom stereocenters. The van der Waals surface area contributed by atoms with Crippen LogP contribution in [0.15, 0.2) is 72.4 Å². The zero-order valence-corrected chi connectivity index (χ0v) is 15.6. The summed E-state index contributed by atoms with van der Waals surface area (Å²) in [6, 6.07) is 20.8. The Morgan fingerprint density at radius 2 is 1.40 bits per heavy atom. The van der Waals surface area contributed by atoms with Gasteiger partial charge in [0.1, 0.15) is 0 Å². The Hall–Kier alpha value is -2.35. The largest absolute Gasteiger partial charge is 0.368 e. The number of carbonyl (C=O) groups is 1. The topological polar surface area (TPSA) is 20.3 Å². The average molecular weight is 335 g/mol. The fraction of sp³-hybridized carbons (Fsp3) is 0.348. The molecule has 25 heavy (non-hydrogen) atoms. The SMILES string of the molecule is CC(=CN(Cc1ccccc1)Cc1ccccc1)C(=O)CCC(C)C. The Labute approximate surface area is 152 Å². The average Bonchev–Trinajstić information content (AvgIpc) is 2.61. The van der Waals surface area contributed by atoms with Crippen molar-refractivity contribution in [1.82, 2.24) is 4.90 Å². The monoisotopic (exact) mass is 335 g/mol. The van der Waals surface area contributed by atoms with Gasteiger partial charge in [-0.1, -0.05) is 74.5 Å². The summed E-state index contributed by atoms with van der Waals surface area (Å²) in [6.45, 7) is 7.84. The number of benzene rings is 2. The van der Waals surface area contributed by atoms with E-state index < -0.39 is 0 Å². The van der Waals surface area contributed by atoms with Gasteiger partial charge in [0.15, 0.2) is 5.78 Å². The van der Waals surface area contributed by atoms with E-state index in [0.717, 1.165) is 25.1 Å². The molecule has 0 unspecified atom stereocenters. The Balaban J connectivity index is 2.12. The van der Waals surface area contributed by atoms with Crippen LogP contribution >= 0.6 is 0 Å². The lowest BCUT2D eigenvalue weighted by Crippen LogP contribution is -2.18. The van der Waals surface area contributed by atoms with Crippen molar-refractivity contribution in [2.45, 2.75) is 46.7 Å². The van der Waals surface area contributed by atoms with Crippen LogP contribution in [0.25, 0.3) is 0 Å². The van der Waals surface area contributed by atoms with Crippen LogP contribution in [0, 0.1) is 5.92 Å². The van der Waals surface area contributed by atoms with Crippen LogP contribution in [0.5, 0.6) is 0 Å². The number of rotatable bonds is 9. The van der Waals surface area contributed by atoms with E-state index >= 15 is 0 Å². The van der Waals surface area contributed by atoms with Crippen LogP contribution in [0.1, 0.15) is 44.7 Å². The molecule has 0 fully saturated rings. The van der Waals surface area contributed by atoms with Crippen LogP contribution in [-0.2, 0) is 17.9 Å². The highest BCUT2D eigenvalue weighted by molar-refractivity contribution is 5.94. The molecular weight excluding hydrogens is 306 g/mol. The van der Waals surface area contributed by atoms with Crippen molar-refractivity contribution >= 4 is 5.78 Å².